The van der Waals surface area contributed by atoms with E-state index in [2.05, 4.69) is 51.5 Å². The number of ether oxygens (including phenoxy) is 1. The number of pyridine rings is 1. The van der Waals surface area contributed by atoms with Crippen molar-refractivity contribution < 1.29 is 9.53 Å². The Morgan fingerprint density at radius 1 is 1.24 bits per heavy atom. The quantitative estimate of drug-likeness (QED) is 0.337. The number of nitrogens with one attached hydrogen (secondary N) is 2. The second kappa shape index (κ2) is 10.1. The third-order valence-corrected chi connectivity index (χ3v) is 6.57. The van der Waals surface area contributed by atoms with Crippen LogP contribution in [-0.2, 0) is 11.8 Å². The zero-order chi connectivity index (χ0) is 23.5. The molecule has 4 rings (SSSR count). The van der Waals surface area contributed by atoms with Crippen molar-refractivity contribution in [3.05, 3.63) is 45.8 Å². The number of rotatable bonds is 6. The monoisotopic (exact) mass is 583 g/mol. The van der Waals surface area contributed by atoms with Gasteiger partial charge in [0.15, 0.2) is 18.2 Å². The van der Waals surface area contributed by atoms with Gasteiger partial charge in [0.25, 0.3) is 11.5 Å². The third kappa shape index (κ3) is 5.31. The Labute approximate surface area is 209 Å². The average molecular weight is 584 g/mol. The fraction of sp³-hybridized carbons (Fsp3) is 0.333. The minimum absolute atomic E-state index is 0.0995. The fourth-order valence-electron chi connectivity index (χ4n) is 3.47. The van der Waals surface area contributed by atoms with Crippen LogP contribution in [0.25, 0.3) is 10.9 Å². The van der Waals surface area contributed by atoms with E-state index in [4.69, 9.17) is 16.3 Å². The van der Waals surface area contributed by atoms with Crippen LogP contribution >= 0.6 is 34.5 Å². The molecule has 1 amide bonds. The van der Waals surface area contributed by atoms with E-state index in [-0.39, 0.29) is 23.8 Å². The molecule has 1 saturated heterocycles. The van der Waals surface area contributed by atoms with Crippen molar-refractivity contribution in [3.8, 4) is 5.75 Å². The number of hydrogen-bond acceptors (Lipinski definition) is 8. The minimum Gasteiger partial charge on any atom is -0.478 e. The molecule has 0 aliphatic carbocycles. The van der Waals surface area contributed by atoms with Gasteiger partial charge in [0.1, 0.15) is 5.02 Å². The molecule has 0 bridgehead atoms. The van der Waals surface area contributed by atoms with Crippen LogP contribution in [0.4, 0.5) is 17.5 Å². The van der Waals surface area contributed by atoms with Gasteiger partial charge < -0.3 is 24.8 Å². The molecule has 2 aromatic heterocycles. The summed E-state index contributed by atoms with van der Waals surface area (Å²) in [6, 6.07) is 7.17. The molecule has 174 valence electrons. The van der Waals surface area contributed by atoms with E-state index in [9.17, 15) is 9.59 Å². The maximum absolute atomic E-state index is 12.6. The molecule has 0 spiro atoms. The Morgan fingerprint density at radius 3 is 2.73 bits per heavy atom. The van der Waals surface area contributed by atoms with Gasteiger partial charge >= 0.3 is 0 Å². The van der Waals surface area contributed by atoms with Crippen LogP contribution in [0.15, 0.2) is 35.3 Å². The number of carbonyl (C=O) groups is 1. The molecular formula is C21H23ClIN7O3. The summed E-state index contributed by atoms with van der Waals surface area (Å²) in [7, 11) is 3.17. The highest BCUT2D eigenvalue weighted by molar-refractivity contribution is 14.1. The van der Waals surface area contributed by atoms with E-state index in [0.29, 0.717) is 16.8 Å². The lowest BCUT2D eigenvalue weighted by molar-refractivity contribution is -0.122. The summed E-state index contributed by atoms with van der Waals surface area (Å²) in [5.74, 6) is 0.905. The van der Waals surface area contributed by atoms with Crippen LogP contribution in [-0.4, -0.2) is 63.4 Å². The summed E-state index contributed by atoms with van der Waals surface area (Å²) in [5.41, 5.74) is 1.15. The van der Waals surface area contributed by atoms with Gasteiger partial charge in [-0.15, -0.1) is 0 Å². The number of benzene rings is 1. The topological polar surface area (TPSA) is 105 Å². The number of aromatic nitrogens is 3. The van der Waals surface area contributed by atoms with Gasteiger partial charge in [0.05, 0.1) is 11.7 Å². The Kier molecular flexibility index (Phi) is 7.20. The molecule has 33 heavy (non-hydrogen) atoms. The summed E-state index contributed by atoms with van der Waals surface area (Å²) in [6.07, 6.45) is 1.60. The number of fused-ring (bicyclic) bond motifs is 1. The lowest BCUT2D eigenvalue weighted by Gasteiger charge is -2.31. The van der Waals surface area contributed by atoms with Crippen LogP contribution in [0, 0.1) is 0 Å². The van der Waals surface area contributed by atoms with Gasteiger partial charge in [-0.25, -0.2) is 8.10 Å². The fourth-order valence-corrected chi connectivity index (χ4v) is 4.04. The molecule has 2 N–H and O–H groups in total. The second-order valence-corrected chi connectivity index (χ2v) is 9.27. The standard InChI is InChI=1S/C21H23ClIN7O3/c1-24-18(31)12-33-17-10-13-9-14(3-4-16(13)28(2)20(17)32)26-19-15(22)11-25-21(27-19)29-5-7-30(23)8-6-29/h3-4,9-11H,5-8,12H2,1-2H3,(H,24,31)(H,25,26,27). The number of aryl methyl sites for hydroxylation is 1. The number of hydrogen-bond donors (Lipinski definition) is 2. The Balaban J connectivity index is 1.61. The maximum atomic E-state index is 12.6. The molecule has 1 fully saturated rings. The molecule has 3 aromatic rings. The highest BCUT2D eigenvalue weighted by atomic mass is 127. The third-order valence-electron chi connectivity index (χ3n) is 5.33. The normalized spacial score (nSPS) is 14.4. The molecule has 0 saturated carbocycles. The Hall–Kier alpha value is -2.64. The second-order valence-electron chi connectivity index (χ2n) is 7.50. The number of anilines is 3. The Bertz CT molecular complexity index is 1240. The summed E-state index contributed by atoms with van der Waals surface area (Å²) in [4.78, 5) is 35.2. The molecular weight excluding hydrogens is 561 g/mol. The van der Waals surface area contributed by atoms with Crippen molar-refractivity contribution in [2.75, 3.05) is 50.1 Å². The van der Waals surface area contributed by atoms with Crippen molar-refractivity contribution >= 4 is 68.7 Å². The van der Waals surface area contributed by atoms with Crippen LogP contribution in [0.2, 0.25) is 5.02 Å². The number of likely N-dealkylation sites (N-methyl/N-ethyl adjacent to an activating group) is 1. The Morgan fingerprint density at radius 2 is 2.00 bits per heavy atom. The van der Waals surface area contributed by atoms with Crippen molar-refractivity contribution in [2.45, 2.75) is 0 Å². The zero-order valence-corrected chi connectivity index (χ0v) is 21.1. The van der Waals surface area contributed by atoms with E-state index in [1.54, 1.807) is 19.3 Å². The van der Waals surface area contributed by atoms with Gasteiger partial charge in [-0.05, 0) is 24.3 Å². The highest BCUT2D eigenvalue weighted by Crippen LogP contribution is 2.28. The predicted molar refractivity (Wildman–Crippen MR) is 137 cm³/mol. The van der Waals surface area contributed by atoms with Crippen molar-refractivity contribution in [1.29, 1.82) is 0 Å². The summed E-state index contributed by atoms with van der Waals surface area (Å²) in [5, 5.41) is 6.88. The van der Waals surface area contributed by atoms with Gasteiger partial charge in [0.2, 0.25) is 5.95 Å². The highest BCUT2D eigenvalue weighted by Gasteiger charge is 2.19. The van der Waals surface area contributed by atoms with Crippen LogP contribution in [0.3, 0.4) is 0 Å². The van der Waals surface area contributed by atoms with E-state index in [1.807, 2.05) is 18.2 Å². The SMILES string of the molecule is CNC(=O)COc1cc2cc(Nc3nc(N4CCN(I)CC4)ncc3Cl)ccc2n(C)c1=O. The first-order chi connectivity index (χ1) is 15.9. The lowest BCUT2D eigenvalue weighted by atomic mass is 10.2. The minimum atomic E-state index is -0.318. The van der Waals surface area contributed by atoms with E-state index >= 15 is 0 Å². The van der Waals surface area contributed by atoms with Gasteiger partial charge in [0, 0.05) is 74.2 Å². The van der Waals surface area contributed by atoms with E-state index in [0.717, 1.165) is 42.8 Å². The van der Waals surface area contributed by atoms with Gasteiger partial charge in [-0.3, -0.25) is 9.59 Å². The number of carbonyl (C=O) groups excluding carboxylic acids is 1. The first kappa shape index (κ1) is 23.5. The number of nitrogens with zero attached hydrogens (tertiary/aromatic N) is 5. The first-order valence-electron chi connectivity index (χ1n) is 10.3. The summed E-state index contributed by atoms with van der Waals surface area (Å²) in [6.45, 7) is 3.31. The smallest absolute Gasteiger partial charge is 0.293 e. The molecule has 1 aliphatic heterocycles. The van der Waals surface area contributed by atoms with Crippen molar-refractivity contribution in [2.24, 2.45) is 7.05 Å². The molecule has 10 nitrogen and oxygen atoms in total. The van der Waals surface area contributed by atoms with Crippen molar-refractivity contribution in [1.82, 2.24) is 23.0 Å². The van der Waals surface area contributed by atoms with E-state index < -0.39 is 0 Å². The first-order valence-corrected chi connectivity index (χ1v) is 11.6. The molecule has 0 radical (unpaired) electrons. The number of piperazine rings is 1. The van der Waals surface area contributed by atoms with Crippen LogP contribution in [0.5, 0.6) is 5.75 Å². The largest absolute Gasteiger partial charge is 0.478 e. The molecule has 1 aromatic carbocycles. The van der Waals surface area contributed by atoms with Gasteiger partial charge in [-0.2, -0.15) is 4.98 Å². The van der Waals surface area contributed by atoms with Crippen LogP contribution in [0.1, 0.15) is 0 Å². The molecule has 0 unspecified atom stereocenters. The van der Waals surface area contributed by atoms with Crippen molar-refractivity contribution in [3.63, 3.8) is 0 Å². The average Bonchev–Trinajstić information content (AvgIpc) is 2.82. The zero-order valence-electron chi connectivity index (χ0n) is 18.1. The molecule has 0 atom stereocenters. The number of halogens is 2. The lowest BCUT2D eigenvalue weighted by Crippen LogP contribution is -2.42. The summed E-state index contributed by atoms with van der Waals surface area (Å²) < 4.78 is 9.15. The number of amides is 1. The molecule has 3 heterocycles. The predicted octanol–water partition coefficient (Wildman–Crippen LogP) is 2.32. The molecule has 12 heteroatoms. The molecule has 1 aliphatic rings. The maximum Gasteiger partial charge on any atom is 0.293 e. The summed E-state index contributed by atoms with van der Waals surface area (Å²) >= 11 is 8.68. The van der Waals surface area contributed by atoms with E-state index in [1.165, 1.54) is 11.6 Å². The van der Waals surface area contributed by atoms with Gasteiger partial charge in [-0.1, -0.05) is 11.6 Å². The van der Waals surface area contributed by atoms with Crippen LogP contribution < -0.4 is 25.8 Å².